The Bertz CT molecular complexity index is 299. The molecule has 0 saturated carbocycles. The summed E-state index contributed by atoms with van der Waals surface area (Å²) in [7, 11) is 0. The van der Waals surface area contributed by atoms with Crippen molar-refractivity contribution in [2.75, 3.05) is 0 Å². The normalized spacial score (nSPS) is 11.7. The molecule has 1 aromatic heterocycles. The van der Waals surface area contributed by atoms with Gasteiger partial charge in [0, 0.05) is 0 Å². The molecule has 1 heterocycles. The van der Waals surface area contributed by atoms with Gasteiger partial charge in [-0.15, -0.1) is 0 Å². The van der Waals surface area contributed by atoms with Gasteiger partial charge in [-0.1, -0.05) is 0 Å². The molecule has 1 rings (SSSR count). The summed E-state index contributed by atoms with van der Waals surface area (Å²) in [5.74, 6) is 0.726. The lowest BCUT2D eigenvalue weighted by atomic mass is 9.90. The number of aldehydes is 1. The van der Waals surface area contributed by atoms with Crippen LogP contribution >= 0.6 is 15.9 Å². The monoisotopic (exact) mass is 230 g/mol. The van der Waals surface area contributed by atoms with Gasteiger partial charge in [0.1, 0.15) is 12.0 Å². The molecule has 0 N–H and O–H groups in total. The summed E-state index contributed by atoms with van der Waals surface area (Å²) in [4.78, 5) is 10.7. The minimum Gasteiger partial charge on any atom is -0.453 e. The maximum atomic E-state index is 10.7. The highest BCUT2D eigenvalue weighted by Crippen LogP contribution is 2.29. The molecular weight excluding hydrogens is 220 g/mol. The van der Waals surface area contributed by atoms with Crippen molar-refractivity contribution in [3.05, 3.63) is 22.1 Å². The van der Waals surface area contributed by atoms with Gasteiger partial charge in [0.15, 0.2) is 4.67 Å². The second-order valence-corrected chi connectivity index (χ2v) is 4.18. The fourth-order valence-electron chi connectivity index (χ4n) is 1.14. The smallest absolute Gasteiger partial charge is 0.169 e. The lowest BCUT2D eigenvalue weighted by molar-refractivity contribution is -0.112. The van der Waals surface area contributed by atoms with Gasteiger partial charge < -0.3 is 9.21 Å². The topological polar surface area (TPSA) is 30.2 Å². The Morgan fingerprint density at radius 3 is 2.50 bits per heavy atom. The summed E-state index contributed by atoms with van der Waals surface area (Å²) in [5, 5.41) is 0. The minimum atomic E-state index is -0.532. The molecule has 0 radical (unpaired) electrons. The van der Waals surface area contributed by atoms with Crippen LogP contribution in [-0.4, -0.2) is 6.29 Å². The first-order valence-corrected chi connectivity index (χ1v) is 4.49. The molecule has 0 aliphatic carbocycles. The third-order valence-corrected chi connectivity index (χ3v) is 2.16. The molecule has 0 atom stereocenters. The van der Waals surface area contributed by atoms with Crippen molar-refractivity contribution in [1.82, 2.24) is 0 Å². The van der Waals surface area contributed by atoms with Crippen molar-refractivity contribution in [3.8, 4) is 0 Å². The number of aryl methyl sites for hydroxylation is 1. The van der Waals surface area contributed by atoms with Crippen LogP contribution in [0.4, 0.5) is 0 Å². The predicted molar refractivity (Wildman–Crippen MR) is 50.2 cm³/mol. The molecule has 0 aliphatic heterocycles. The highest BCUT2D eigenvalue weighted by atomic mass is 79.9. The molecule has 0 bridgehead atoms. The molecule has 1 aromatic rings. The summed E-state index contributed by atoms with van der Waals surface area (Å²) >= 11 is 3.22. The van der Waals surface area contributed by atoms with Crippen molar-refractivity contribution in [1.29, 1.82) is 0 Å². The molecule has 0 unspecified atom stereocenters. The first-order valence-electron chi connectivity index (χ1n) is 3.70. The van der Waals surface area contributed by atoms with Crippen molar-refractivity contribution >= 4 is 22.2 Å². The fraction of sp³-hybridized carbons (Fsp3) is 0.444. The van der Waals surface area contributed by atoms with Gasteiger partial charge in [-0.25, -0.2) is 0 Å². The first kappa shape index (κ1) is 9.52. The number of hydrogen-bond donors (Lipinski definition) is 0. The van der Waals surface area contributed by atoms with Gasteiger partial charge in [-0.3, -0.25) is 0 Å². The second-order valence-electron chi connectivity index (χ2n) is 3.40. The van der Waals surface area contributed by atoms with E-state index in [0.717, 1.165) is 17.6 Å². The highest BCUT2D eigenvalue weighted by Gasteiger charge is 2.25. The minimum absolute atomic E-state index is 0.532. The van der Waals surface area contributed by atoms with Crippen LogP contribution in [0.5, 0.6) is 0 Å². The lowest BCUT2D eigenvalue weighted by Crippen LogP contribution is -2.18. The Labute approximate surface area is 80.1 Å². The predicted octanol–water partition coefficient (Wildman–Crippen LogP) is 2.83. The van der Waals surface area contributed by atoms with Gasteiger partial charge in [0.25, 0.3) is 0 Å². The number of hydrogen-bond acceptors (Lipinski definition) is 2. The quantitative estimate of drug-likeness (QED) is 0.732. The van der Waals surface area contributed by atoms with Crippen LogP contribution in [0.1, 0.15) is 25.2 Å². The van der Waals surface area contributed by atoms with Crippen LogP contribution < -0.4 is 0 Å². The summed E-state index contributed by atoms with van der Waals surface area (Å²) in [6.07, 6.45) is 0.894. The van der Waals surface area contributed by atoms with Crippen molar-refractivity contribution < 1.29 is 9.21 Å². The van der Waals surface area contributed by atoms with E-state index in [9.17, 15) is 4.79 Å². The van der Waals surface area contributed by atoms with E-state index in [4.69, 9.17) is 4.42 Å². The third-order valence-electron chi connectivity index (χ3n) is 1.77. The van der Waals surface area contributed by atoms with Crippen LogP contribution in [0.15, 0.2) is 15.2 Å². The molecular formula is C9H11BrO2. The van der Waals surface area contributed by atoms with E-state index >= 15 is 0 Å². The van der Waals surface area contributed by atoms with Gasteiger partial charge in [0.05, 0.1) is 5.41 Å². The van der Waals surface area contributed by atoms with E-state index in [-0.39, 0.29) is 0 Å². The maximum Gasteiger partial charge on any atom is 0.169 e. The number of halogens is 1. The Morgan fingerprint density at radius 1 is 1.58 bits per heavy atom. The van der Waals surface area contributed by atoms with E-state index < -0.39 is 5.41 Å². The van der Waals surface area contributed by atoms with E-state index in [1.807, 2.05) is 26.8 Å². The molecule has 2 nitrogen and oxygen atoms in total. The molecule has 0 amide bonds. The number of rotatable bonds is 2. The maximum absolute atomic E-state index is 10.7. The third kappa shape index (κ3) is 1.61. The average molecular weight is 231 g/mol. The molecule has 66 valence electrons. The van der Waals surface area contributed by atoms with Crippen LogP contribution in [0.3, 0.4) is 0 Å². The fourth-order valence-corrected chi connectivity index (χ4v) is 1.64. The van der Waals surface area contributed by atoms with Crippen LogP contribution in [-0.2, 0) is 10.2 Å². The summed E-state index contributed by atoms with van der Waals surface area (Å²) in [6, 6.07) is 1.86. The number of carbonyl (C=O) groups excluding carboxylic acids is 1. The Morgan fingerprint density at radius 2 is 2.17 bits per heavy atom. The Balaban J connectivity index is 3.18. The molecule has 12 heavy (non-hydrogen) atoms. The van der Waals surface area contributed by atoms with E-state index in [0.29, 0.717) is 4.67 Å². The molecule has 0 fully saturated rings. The number of carbonyl (C=O) groups is 1. The summed E-state index contributed by atoms with van der Waals surface area (Å²) < 4.78 is 6.03. The zero-order valence-corrected chi connectivity index (χ0v) is 8.94. The average Bonchev–Trinajstić information content (AvgIpc) is 2.31. The van der Waals surface area contributed by atoms with Gasteiger partial charge >= 0.3 is 0 Å². The number of furan rings is 1. The summed E-state index contributed by atoms with van der Waals surface area (Å²) in [5.41, 5.74) is 0.467. The first-order chi connectivity index (χ1) is 5.47. The van der Waals surface area contributed by atoms with Gasteiger partial charge in [-0.2, -0.15) is 0 Å². The Kier molecular flexibility index (Phi) is 2.42. The van der Waals surface area contributed by atoms with E-state index in [1.54, 1.807) is 0 Å². The highest BCUT2D eigenvalue weighted by molar-refractivity contribution is 9.10. The molecule has 3 heteroatoms. The second kappa shape index (κ2) is 3.05. The van der Waals surface area contributed by atoms with Crippen molar-refractivity contribution in [3.63, 3.8) is 0 Å². The SMILES string of the molecule is Cc1cc(Br)oc1C(C)(C)C=O. The van der Waals surface area contributed by atoms with Gasteiger partial charge in [0.2, 0.25) is 0 Å². The zero-order valence-electron chi connectivity index (χ0n) is 7.35. The Hall–Kier alpha value is -0.570. The lowest BCUT2D eigenvalue weighted by Gasteiger charge is -2.13. The van der Waals surface area contributed by atoms with Crippen LogP contribution in [0, 0.1) is 6.92 Å². The van der Waals surface area contributed by atoms with E-state index in [1.165, 1.54) is 0 Å². The van der Waals surface area contributed by atoms with Crippen molar-refractivity contribution in [2.45, 2.75) is 26.2 Å². The zero-order chi connectivity index (χ0) is 9.35. The summed E-state index contributed by atoms with van der Waals surface area (Å²) in [6.45, 7) is 5.59. The largest absolute Gasteiger partial charge is 0.453 e. The molecule has 0 aromatic carbocycles. The van der Waals surface area contributed by atoms with Crippen LogP contribution in [0.2, 0.25) is 0 Å². The molecule has 0 spiro atoms. The van der Waals surface area contributed by atoms with Crippen LogP contribution in [0.25, 0.3) is 0 Å². The van der Waals surface area contributed by atoms with Gasteiger partial charge in [-0.05, 0) is 48.3 Å². The molecule has 0 aliphatic rings. The van der Waals surface area contributed by atoms with E-state index in [2.05, 4.69) is 15.9 Å². The molecule has 0 saturated heterocycles. The van der Waals surface area contributed by atoms with Crippen molar-refractivity contribution in [2.24, 2.45) is 0 Å². The standard InChI is InChI=1S/C9H11BrO2/c1-6-4-7(10)12-8(6)9(2,3)5-11/h4-5H,1-3H3.